The molecule has 0 fully saturated rings. The predicted molar refractivity (Wildman–Crippen MR) is 37.0 cm³/mol. The fourth-order valence-electron chi connectivity index (χ4n) is 0. The van der Waals surface area contributed by atoms with Crippen molar-refractivity contribution in [3.8, 4) is 0 Å². The van der Waals surface area contributed by atoms with Crippen LogP contribution in [0.1, 0.15) is 0 Å². The van der Waals surface area contributed by atoms with E-state index in [1.54, 1.807) is 28.2 Å². The molecule has 0 bridgehead atoms. The van der Waals surface area contributed by atoms with E-state index in [1.165, 1.54) is 0 Å². The van der Waals surface area contributed by atoms with E-state index in [2.05, 4.69) is 20.1 Å². The van der Waals surface area contributed by atoms with E-state index >= 15 is 0 Å². The molecule has 0 aliphatic rings. The Morgan fingerprint density at radius 2 is 1.11 bits per heavy atom. The van der Waals surface area contributed by atoms with Crippen molar-refractivity contribution in [3.05, 3.63) is 10.6 Å². The minimum atomic E-state index is 1.07. The van der Waals surface area contributed by atoms with Gasteiger partial charge in [-0.3, -0.25) is 0 Å². The van der Waals surface area contributed by atoms with Crippen LogP contribution in [0.4, 0.5) is 0 Å². The number of rotatable bonds is 0. The van der Waals surface area contributed by atoms with Gasteiger partial charge in [-0.15, -0.1) is 0 Å². The van der Waals surface area contributed by atoms with Gasteiger partial charge in [0.1, 0.15) is 0 Å². The average molecular weight is 302 g/mol. The van der Waals surface area contributed by atoms with Crippen LogP contribution in [-0.4, -0.2) is 28.2 Å². The van der Waals surface area contributed by atoms with Crippen molar-refractivity contribution < 1.29 is 19.6 Å². The third-order valence-electron chi connectivity index (χ3n) is 0. The van der Waals surface area contributed by atoms with Gasteiger partial charge in [0.15, 0.2) is 0 Å². The Kier molecular flexibility index (Phi) is 72.0. The van der Waals surface area contributed by atoms with Crippen molar-refractivity contribution in [2.75, 3.05) is 28.2 Å². The molecule has 0 radical (unpaired) electrons. The SMILES string of the molecule is C[N-]C.C[N-]C.N[N]=[W]. The van der Waals surface area contributed by atoms with E-state index in [1.807, 2.05) is 0 Å². The molecule has 4 nitrogen and oxygen atoms in total. The zero-order chi connectivity index (χ0) is 8.12. The topological polar surface area (TPSA) is 66.6 Å². The van der Waals surface area contributed by atoms with Crippen LogP contribution in [0.5, 0.6) is 0 Å². The van der Waals surface area contributed by atoms with Gasteiger partial charge in [0.25, 0.3) is 0 Å². The molecule has 0 rings (SSSR count). The molecule has 0 saturated carbocycles. The van der Waals surface area contributed by atoms with Crippen LogP contribution in [0.15, 0.2) is 3.60 Å². The molecule has 0 spiro atoms. The Balaban J connectivity index is -0.0000000600. The molecule has 58 valence electrons. The molecule has 0 amide bonds. The van der Waals surface area contributed by atoms with Gasteiger partial charge in [0, 0.05) is 0 Å². The summed E-state index contributed by atoms with van der Waals surface area (Å²) in [6, 6.07) is 0. The minimum absolute atomic E-state index is 1.07. The summed E-state index contributed by atoms with van der Waals surface area (Å²) in [4.78, 5) is 0. The fourth-order valence-corrected chi connectivity index (χ4v) is 0. The average Bonchev–Trinajstić information content (AvgIpc) is 1.70. The summed E-state index contributed by atoms with van der Waals surface area (Å²) in [7, 11) is 7.00. The van der Waals surface area contributed by atoms with Gasteiger partial charge in [-0.05, 0) is 0 Å². The Morgan fingerprint density at radius 1 is 1.11 bits per heavy atom. The predicted octanol–water partition coefficient (Wildman–Crippen LogP) is 0.830. The first kappa shape index (κ1) is 16.2. The maximum atomic E-state index is 4.51. The number of hydrogen-bond donors (Lipinski definition) is 1. The third-order valence-corrected chi connectivity index (χ3v) is 0. The Labute approximate surface area is 68.3 Å². The van der Waals surface area contributed by atoms with Crippen LogP contribution in [0.3, 0.4) is 0 Å². The summed E-state index contributed by atoms with van der Waals surface area (Å²) < 4.78 is 3.08. The van der Waals surface area contributed by atoms with Crippen LogP contribution in [0, 0.1) is 0 Å². The van der Waals surface area contributed by atoms with Gasteiger partial charge >= 0.3 is 29.1 Å². The van der Waals surface area contributed by atoms with Crippen molar-refractivity contribution >= 4 is 0 Å². The zero-order valence-corrected chi connectivity index (χ0v) is 9.26. The first-order valence-electron chi connectivity index (χ1n) is 2.23. The molecule has 0 aromatic rings. The quantitative estimate of drug-likeness (QED) is 0.523. The summed E-state index contributed by atoms with van der Waals surface area (Å²) >= 11 is 1.07. The normalized spacial score (nSPS) is 5.44. The zero-order valence-electron chi connectivity index (χ0n) is 6.33. The van der Waals surface area contributed by atoms with Crippen LogP contribution in [0.2, 0.25) is 0 Å². The molecule has 0 aliphatic carbocycles. The second-order valence-corrected chi connectivity index (χ2v) is 1.76. The Hall–Kier alpha value is 0.368. The molecule has 0 heterocycles. The molecule has 0 aromatic carbocycles. The summed E-state index contributed by atoms with van der Waals surface area (Å²) in [5.74, 6) is 4.51. The molecular formula is C4H14N4W-2. The standard InChI is InChI=1S/2C2H6N.H2N2.W/c2*1-3-2;1-2;/h2*1-2H3;1H2;/q2*-1;;. The monoisotopic (exact) mass is 302 g/mol. The van der Waals surface area contributed by atoms with Crippen LogP contribution >= 0.6 is 0 Å². The van der Waals surface area contributed by atoms with Crippen molar-refractivity contribution in [2.24, 2.45) is 9.45 Å². The van der Waals surface area contributed by atoms with E-state index in [-0.39, 0.29) is 0 Å². The summed E-state index contributed by atoms with van der Waals surface area (Å²) in [5.41, 5.74) is 0. The first-order chi connectivity index (χ1) is 4.24. The van der Waals surface area contributed by atoms with Gasteiger partial charge in [0.05, 0.1) is 0 Å². The third kappa shape index (κ3) is 2500. The van der Waals surface area contributed by atoms with Gasteiger partial charge in [0.2, 0.25) is 0 Å². The molecule has 0 aliphatic heterocycles. The van der Waals surface area contributed by atoms with Crippen molar-refractivity contribution in [3.63, 3.8) is 0 Å². The first-order valence-corrected chi connectivity index (χ1v) is 3.54. The molecule has 2 N–H and O–H groups in total. The van der Waals surface area contributed by atoms with Crippen molar-refractivity contribution in [1.29, 1.82) is 0 Å². The number of nitrogens with zero attached hydrogens (tertiary/aromatic N) is 3. The van der Waals surface area contributed by atoms with Crippen LogP contribution < -0.4 is 5.84 Å². The number of hydrogen-bond acceptors (Lipinski definition) is 2. The van der Waals surface area contributed by atoms with Crippen LogP contribution in [-0.2, 0) is 19.6 Å². The van der Waals surface area contributed by atoms with Gasteiger partial charge in [-0.1, -0.05) is 0 Å². The van der Waals surface area contributed by atoms with E-state index in [4.69, 9.17) is 0 Å². The van der Waals surface area contributed by atoms with Crippen LogP contribution in [0.25, 0.3) is 10.6 Å². The molecule has 0 aromatic heterocycles. The maximum absolute atomic E-state index is 4.51. The van der Waals surface area contributed by atoms with Gasteiger partial charge < -0.3 is 10.6 Å². The van der Waals surface area contributed by atoms with E-state index in [0.717, 1.165) is 19.6 Å². The molecule has 5 heteroatoms. The van der Waals surface area contributed by atoms with E-state index < -0.39 is 0 Å². The summed E-state index contributed by atoms with van der Waals surface area (Å²) in [6.45, 7) is 0. The summed E-state index contributed by atoms with van der Waals surface area (Å²) in [5, 5.41) is 7.00. The van der Waals surface area contributed by atoms with Gasteiger partial charge in [-0.25, -0.2) is 0 Å². The summed E-state index contributed by atoms with van der Waals surface area (Å²) in [6.07, 6.45) is 0. The second kappa shape index (κ2) is 40.0. The van der Waals surface area contributed by atoms with E-state index in [9.17, 15) is 0 Å². The second-order valence-electron chi connectivity index (χ2n) is 1.000. The molecule has 0 unspecified atom stereocenters. The molecular weight excluding hydrogens is 288 g/mol. The van der Waals surface area contributed by atoms with Crippen molar-refractivity contribution in [1.82, 2.24) is 0 Å². The Bertz CT molecular complexity index is 31.7. The fraction of sp³-hybridized carbons (Fsp3) is 1.00. The molecule has 0 atom stereocenters. The number of nitrogens with two attached hydrogens (primary N) is 1. The molecule has 9 heavy (non-hydrogen) atoms. The van der Waals surface area contributed by atoms with Gasteiger partial charge in [-0.2, -0.15) is 28.2 Å². The van der Waals surface area contributed by atoms with Crippen molar-refractivity contribution in [2.45, 2.75) is 0 Å². The Morgan fingerprint density at radius 3 is 1.11 bits per heavy atom. The van der Waals surface area contributed by atoms with E-state index in [0.29, 0.717) is 0 Å². The molecule has 0 saturated heterocycles.